The molecule has 0 aliphatic rings. The summed E-state index contributed by atoms with van der Waals surface area (Å²) in [5.74, 6) is 0.0944. The van der Waals surface area contributed by atoms with Gasteiger partial charge in [0, 0.05) is 35.1 Å². The van der Waals surface area contributed by atoms with Crippen LogP contribution in [0.3, 0.4) is 0 Å². The van der Waals surface area contributed by atoms with Crippen molar-refractivity contribution in [1.82, 2.24) is 0 Å². The van der Waals surface area contributed by atoms with Crippen LogP contribution in [0.25, 0.3) is 0 Å². The topological polar surface area (TPSA) is 63.6 Å². The fraction of sp³-hybridized carbons (Fsp3) is 0.500. The highest BCUT2D eigenvalue weighted by atomic mass is 32.2. The van der Waals surface area contributed by atoms with Crippen molar-refractivity contribution in [2.24, 2.45) is 0 Å². The van der Waals surface area contributed by atoms with Crippen LogP contribution in [0.2, 0.25) is 0 Å². The monoisotopic (exact) mass is 262 g/mol. The van der Waals surface area contributed by atoms with Crippen LogP contribution in [0, 0.1) is 0 Å². The SMILES string of the molecule is COCCCS(=O)Cc1ccc(C(=O)O)s1. The summed E-state index contributed by atoms with van der Waals surface area (Å²) < 4.78 is 16.4. The maximum Gasteiger partial charge on any atom is 0.345 e. The molecule has 1 rings (SSSR count). The summed E-state index contributed by atoms with van der Waals surface area (Å²) >= 11 is 1.18. The summed E-state index contributed by atoms with van der Waals surface area (Å²) in [5, 5.41) is 8.72. The van der Waals surface area contributed by atoms with Crippen LogP contribution in [0.1, 0.15) is 21.0 Å². The van der Waals surface area contributed by atoms with Crippen LogP contribution >= 0.6 is 11.3 Å². The van der Waals surface area contributed by atoms with E-state index >= 15 is 0 Å². The maximum absolute atomic E-state index is 11.6. The van der Waals surface area contributed by atoms with Gasteiger partial charge in [0.2, 0.25) is 0 Å². The van der Waals surface area contributed by atoms with Crippen LogP contribution in [-0.2, 0) is 21.3 Å². The van der Waals surface area contributed by atoms with Gasteiger partial charge in [0.05, 0.1) is 5.75 Å². The van der Waals surface area contributed by atoms with Crippen LogP contribution in [0.4, 0.5) is 0 Å². The third kappa shape index (κ3) is 4.42. The molecule has 1 N–H and O–H groups in total. The second-order valence-electron chi connectivity index (χ2n) is 3.21. The Morgan fingerprint density at radius 1 is 1.56 bits per heavy atom. The zero-order valence-corrected chi connectivity index (χ0v) is 10.6. The van der Waals surface area contributed by atoms with Crippen molar-refractivity contribution in [1.29, 1.82) is 0 Å². The Balaban J connectivity index is 2.40. The number of rotatable bonds is 7. The van der Waals surface area contributed by atoms with E-state index in [-0.39, 0.29) is 0 Å². The van der Waals surface area contributed by atoms with E-state index in [1.165, 1.54) is 11.3 Å². The van der Waals surface area contributed by atoms with E-state index in [0.717, 1.165) is 11.3 Å². The summed E-state index contributed by atoms with van der Waals surface area (Å²) in [4.78, 5) is 11.8. The third-order valence-corrected chi connectivity index (χ3v) is 4.53. The quantitative estimate of drug-likeness (QED) is 0.760. The summed E-state index contributed by atoms with van der Waals surface area (Å²) in [6.07, 6.45) is 0.764. The number of thiophene rings is 1. The van der Waals surface area contributed by atoms with Gasteiger partial charge in [-0.2, -0.15) is 0 Å². The molecule has 1 aromatic heterocycles. The fourth-order valence-electron chi connectivity index (χ4n) is 1.17. The molecule has 1 atom stereocenters. The minimum atomic E-state index is -0.935. The van der Waals surface area contributed by atoms with Crippen LogP contribution in [-0.4, -0.2) is 34.8 Å². The van der Waals surface area contributed by atoms with Gasteiger partial charge in [-0.15, -0.1) is 11.3 Å². The number of carbonyl (C=O) groups is 1. The molecule has 4 nitrogen and oxygen atoms in total. The molecule has 1 heterocycles. The minimum Gasteiger partial charge on any atom is -0.477 e. The molecule has 0 saturated heterocycles. The van der Waals surface area contributed by atoms with Gasteiger partial charge in [0.15, 0.2) is 0 Å². The predicted molar refractivity (Wildman–Crippen MR) is 64.5 cm³/mol. The zero-order valence-electron chi connectivity index (χ0n) is 8.97. The molecule has 1 unspecified atom stereocenters. The summed E-state index contributed by atoms with van der Waals surface area (Å²) in [6.45, 7) is 0.608. The number of aromatic carboxylic acids is 1. The lowest BCUT2D eigenvalue weighted by atomic mass is 10.4. The van der Waals surface area contributed by atoms with Crippen molar-refractivity contribution >= 4 is 28.1 Å². The molecular formula is C10H14O4S2. The first kappa shape index (κ1) is 13.3. The number of methoxy groups -OCH3 is 1. The van der Waals surface area contributed by atoms with Gasteiger partial charge < -0.3 is 9.84 Å². The largest absolute Gasteiger partial charge is 0.477 e. The highest BCUT2D eigenvalue weighted by Gasteiger charge is 2.09. The molecular weight excluding hydrogens is 248 g/mol. The Morgan fingerprint density at radius 3 is 2.88 bits per heavy atom. The van der Waals surface area contributed by atoms with Crippen molar-refractivity contribution in [3.05, 3.63) is 21.9 Å². The molecule has 90 valence electrons. The van der Waals surface area contributed by atoms with Crippen molar-refractivity contribution in [3.8, 4) is 0 Å². The molecule has 0 radical (unpaired) electrons. The molecule has 0 aliphatic heterocycles. The van der Waals surface area contributed by atoms with Crippen molar-refractivity contribution in [3.63, 3.8) is 0 Å². The Bertz CT molecular complexity index is 373. The second kappa shape index (κ2) is 6.78. The normalized spacial score (nSPS) is 12.6. The lowest BCUT2D eigenvalue weighted by molar-refractivity contribution is 0.0702. The Hall–Kier alpha value is -0.720. The highest BCUT2D eigenvalue weighted by molar-refractivity contribution is 7.84. The molecule has 0 fully saturated rings. The first-order chi connectivity index (χ1) is 7.63. The van der Waals surface area contributed by atoms with Crippen LogP contribution in [0.5, 0.6) is 0 Å². The lowest BCUT2D eigenvalue weighted by Gasteiger charge is -1.99. The van der Waals surface area contributed by atoms with E-state index < -0.39 is 16.8 Å². The van der Waals surface area contributed by atoms with Gasteiger partial charge >= 0.3 is 5.97 Å². The Kier molecular flexibility index (Phi) is 5.65. The minimum absolute atomic E-state index is 0.295. The molecule has 0 bridgehead atoms. The van der Waals surface area contributed by atoms with E-state index in [9.17, 15) is 9.00 Å². The number of hydrogen-bond acceptors (Lipinski definition) is 4. The summed E-state index contributed by atoms with van der Waals surface area (Å²) in [5.41, 5.74) is 0. The van der Waals surface area contributed by atoms with Crippen LogP contribution in [0.15, 0.2) is 12.1 Å². The number of hydrogen-bond donors (Lipinski definition) is 1. The average Bonchev–Trinajstić information content (AvgIpc) is 2.66. The van der Waals surface area contributed by atoms with E-state index in [4.69, 9.17) is 9.84 Å². The molecule has 0 aromatic carbocycles. The lowest BCUT2D eigenvalue weighted by Crippen LogP contribution is -2.02. The van der Waals surface area contributed by atoms with Gasteiger partial charge in [-0.1, -0.05) is 0 Å². The zero-order chi connectivity index (χ0) is 12.0. The molecule has 1 aromatic rings. The van der Waals surface area contributed by atoms with Crippen LogP contribution < -0.4 is 0 Å². The smallest absolute Gasteiger partial charge is 0.345 e. The van der Waals surface area contributed by atoms with E-state index in [2.05, 4.69) is 0 Å². The van der Waals surface area contributed by atoms with E-state index in [0.29, 0.717) is 23.0 Å². The molecule has 0 saturated carbocycles. The molecule has 0 amide bonds. The Labute approximate surface area is 101 Å². The number of carboxylic acids is 1. The second-order valence-corrected chi connectivity index (χ2v) is 5.95. The van der Waals surface area contributed by atoms with E-state index in [1.807, 2.05) is 0 Å². The van der Waals surface area contributed by atoms with Crippen molar-refractivity contribution in [2.75, 3.05) is 19.5 Å². The first-order valence-electron chi connectivity index (χ1n) is 4.79. The van der Waals surface area contributed by atoms with Crippen molar-refractivity contribution in [2.45, 2.75) is 12.2 Å². The molecule has 0 aliphatic carbocycles. The first-order valence-corrected chi connectivity index (χ1v) is 7.10. The third-order valence-electron chi connectivity index (χ3n) is 1.90. The standard InChI is InChI=1S/C10H14O4S2/c1-14-5-2-6-16(13)7-8-3-4-9(15-8)10(11)12/h3-4H,2,5-7H2,1H3,(H,11,12). The highest BCUT2D eigenvalue weighted by Crippen LogP contribution is 2.18. The summed E-state index contributed by atoms with van der Waals surface area (Å²) in [7, 11) is 0.678. The van der Waals surface area contributed by atoms with Gasteiger partial charge in [-0.3, -0.25) is 4.21 Å². The summed E-state index contributed by atoms with van der Waals surface area (Å²) in [6, 6.07) is 3.27. The van der Waals surface area contributed by atoms with Gasteiger partial charge in [0.25, 0.3) is 0 Å². The predicted octanol–water partition coefficient (Wildman–Crippen LogP) is 1.73. The molecule has 6 heteroatoms. The van der Waals surface area contributed by atoms with Crippen molar-refractivity contribution < 1.29 is 18.8 Å². The number of ether oxygens (including phenoxy) is 1. The van der Waals surface area contributed by atoms with E-state index in [1.54, 1.807) is 19.2 Å². The maximum atomic E-state index is 11.6. The Morgan fingerprint density at radius 2 is 2.31 bits per heavy atom. The van der Waals surface area contributed by atoms with Gasteiger partial charge in [0.1, 0.15) is 4.88 Å². The fourth-order valence-corrected chi connectivity index (χ4v) is 3.44. The molecule has 0 spiro atoms. The average molecular weight is 262 g/mol. The van der Waals surface area contributed by atoms with Gasteiger partial charge in [-0.25, -0.2) is 4.79 Å². The number of carboxylic acid groups (broad SMARTS) is 1. The molecule has 16 heavy (non-hydrogen) atoms. The van der Waals surface area contributed by atoms with Gasteiger partial charge in [-0.05, 0) is 18.6 Å².